The highest BCUT2D eigenvalue weighted by Crippen LogP contribution is 2.34. The molecule has 1 fully saturated rings. The molecular weight excluding hydrogens is 312 g/mol. The van der Waals surface area contributed by atoms with Crippen LogP contribution < -0.4 is 10.2 Å². The van der Waals surface area contributed by atoms with Gasteiger partial charge in [-0.15, -0.1) is 0 Å². The molecule has 0 amide bonds. The van der Waals surface area contributed by atoms with Crippen LogP contribution in [-0.4, -0.2) is 19.6 Å². The molecule has 1 aromatic rings. The van der Waals surface area contributed by atoms with E-state index in [1.54, 1.807) is 0 Å². The van der Waals surface area contributed by atoms with Crippen LogP contribution in [-0.2, 0) is 6.54 Å². The van der Waals surface area contributed by atoms with Crippen molar-refractivity contribution in [1.29, 1.82) is 0 Å². The number of hydrogen-bond acceptors (Lipinski definition) is 2. The Labute approximate surface area is 132 Å². The van der Waals surface area contributed by atoms with Gasteiger partial charge in [-0.25, -0.2) is 0 Å². The Morgan fingerprint density at radius 3 is 2.70 bits per heavy atom. The number of anilines is 1. The molecule has 0 saturated heterocycles. The van der Waals surface area contributed by atoms with E-state index < -0.39 is 0 Å². The van der Waals surface area contributed by atoms with E-state index in [9.17, 15) is 0 Å². The summed E-state index contributed by atoms with van der Waals surface area (Å²) in [4.78, 5) is 2.48. The molecule has 2 unspecified atom stereocenters. The van der Waals surface area contributed by atoms with Crippen LogP contribution >= 0.6 is 15.9 Å². The molecule has 2 atom stereocenters. The van der Waals surface area contributed by atoms with E-state index in [2.05, 4.69) is 65.2 Å². The van der Waals surface area contributed by atoms with E-state index in [-0.39, 0.29) is 0 Å². The minimum atomic E-state index is 0.680. The zero-order valence-electron chi connectivity index (χ0n) is 13.0. The van der Waals surface area contributed by atoms with Gasteiger partial charge in [-0.2, -0.15) is 0 Å². The van der Waals surface area contributed by atoms with Gasteiger partial charge in [0.15, 0.2) is 0 Å². The Hall–Kier alpha value is -0.540. The Morgan fingerprint density at radius 1 is 1.30 bits per heavy atom. The SMILES string of the molecule is CCNCc1ccc(N(C)C2CCCCC2C)c(Br)c1. The van der Waals surface area contributed by atoms with Crippen LogP contribution in [0.1, 0.15) is 45.1 Å². The summed E-state index contributed by atoms with van der Waals surface area (Å²) in [6, 6.07) is 7.44. The summed E-state index contributed by atoms with van der Waals surface area (Å²) < 4.78 is 1.22. The van der Waals surface area contributed by atoms with Gasteiger partial charge in [0.05, 0.1) is 5.69 Å². The van der Waals surface area contributed by atoms with Crippen LogP contribution in [0.5, 0.6) is 0 Å². The van der Waals surface area contributed by atoms with Crippen molar-refractivity contribution in [2.24, 2.45) is 5.92 Å². The number of benzene rings is 1. The van der Waals surface area contributed by atoms with Crippen LogP contribution in [0.25, 0.3) is 0 Å². The van der Waals surface area contributed by atoms with E-state index >= 15 is 0 Å². The third-order valence-electron chi connectivity index (χ3n) is 4.53. The van der Waals surface area contributed by atoms with Crippen LogP contribution in [0.4, 0.5) is 5.69 Å². The molecule has 20 heavy (non-hydrogen) atoms. The third-order valence-corrected chi connectivity index (χ3v) is 5.17. The van der Waals surface area contributed by atoms with Gasteiger partial charge in [-0.1, -0.05) is 32.8 Å². The molecule has 0 aromatic heterocycles. The Morgan fingerprint density at radius 2 is 2.05 bits per heavy atom. The molecular formula is C17H27BrN2. The zero-order valence-corrected chi connectivity index (χ0v) is 14.5. The lowest BCUT2D eigenvalue weighted by molar-refractivity contribution is 0.321. The summed E-state index contributed by atoms with van der Waals surface area (Å²) in [5.41, 5.74) is 2.66. The topological polar surface area (TPSA) is 15.3 Å². The molecule has 0 radical (unpaired) electrons. The molecule has 1 N–H and O–H groups in total. The largest absolute Gasteiger partial charge is 0.370 e. The molecule has 1 aliphatic carbocycles. The summed E-state index contributed by atoms with van der Waals surface area (Å²) in [6.45, 7) is 6.49. The van der Waals surface area contributed by atoms with E-state index in [4.69, 9.17) is 0 Å². The average Bonchev–Trinajstić information content (AvgIpc) is 2.45. The predicted octanol–water partition coefficient (Wildman–Crippen LogP) is 4.57. The van der Waals surface area contributed by atoms with E-state index in [0.29, 0.717) is 6.04 Å². The fourth-order valence-electron chi connectivity index (χ4n) is 3.27. The molecule has 2 nitrogen and oxygen atoms in total. The number of nitrogens with one attached hydrogen (secondary N) is 1. The highest BCUT2D eigenvalue weighted by molar-refractivity contribution is 9.10. The van der Waals surface area contributed by atoms with Crippen LogP contribution in [0.2, 0.25) is 0 Å². The van der Waals surface area contributed by atoms with Gasteiger partial charge in [0.2, 0.25) is 0 Å². The first kappa shape index (κ1) is 15.8. The van der Waals surface area contributed by atoms with Crippen molar-refractivity contribution in [3.63, 3.8) is 0 Å². The molecule has 0 spiro atoms. The minimum Gasteiger partial charge on any atom is -0.370 e. The summed E-state index contributed by atoms with van der Waals surface area (Å²) in [6.07, 6.45) is 5.46. The molecule has 1 aliphatic rings. The standard InChI is InChI=1S/C17H27BrN2/c1-4-19-12-14-9-10-17(15(18)11-14)20(3)16-8-6-5-7-13(16)2/h9-11,13,16,19H,4-8,12H2,1-3H3. The average molecular weight is 339 g/mol. The first-order valence-electron chi connectivity index (χ1n) is 7.85. The monoisotopic (exact) mass is 338 g/mol. The summed E-state index contributed by atoms with van der Waals surface area (Å²) in [7, 11) is 2.25. The third kappa shape index (κ3) is 3.76. The number of hydrogen-bond donors (Lipinski definition) is 1. The predicted molar refractivity (Wildman–Crippen MR) is 91.3 cm³/mol. The lowest BCUT2D eigenvalue weighted by Gasteiger charge is -2.38. The van der Waals surface area contributed by atoms with Gasteiger partial charge in [0, 0.05) is 24.1 Å². The van der Waals surface area contributed by atoms with Crippen LogP contribution in [0.15, 0.2) is 22.7 Å². The number of nitrogens with zero attached hydrogens (tertiary/aromatic N) is 1. The Bertz CT molecular complexity index is 433. The van der Waals surface area contributed by atoms with Gasteiger partial charge >= 0.3 is 0 Å². The highest BCUT2D eigenvalue weighted by Gasteiger charge is 2.25. The van der Waals surface area contributed by atoms with Gasteiger partial charge < -0.3 is 10.2 Å². The Kier molecular flexibility index (Phi) is 5.91. The van der Waals surface area contributed by atoms with E-state index in [1.165, 1.54) is 41.4 Å². The lowest BCUT2D eigenvalue weighted by atomic mass is 9.85. The van der Waals surface area contributed by atoms with Crippen LogP contribution in [0, 0.1) is 5.92 Å². The first-order valence-corrected chi connectivity index (χ1v) is 8.64. The van der Waals surface area contributed by atoms with E-state index in [1.807, 2.05) is 0 Å². The van der Waals surface area contributed by atoms with Gasteiger partial charge in [-0.05, 0) is 58.9 Å². The fourth-order valence-corrected chi connectivity index (χ4v) is 3.97. The maximum Gasteiger partial charge on any atom is 0.0510 e. The molecule has 0 aliphatic heterocycles. The van der Waals surface area contributed by atoms with Crippen molar-refractivity contribution in [3.05, 3.63) is 28.2 Å². The molecule has 112 valence electrons. The summed E-state index contributed by atoms with van der Waals surface area (Å²) in [5, 5.41) is 3.38. The van der Waals surface area contributed by atoms with Crippen molar-refractivity contribution < 1.29 is 0 Å². The van der Waals surface area contributed by atoms with Gasteiger partial charge in [0.1, 0.15) is 0 Å². The van der Waals surface area contributed by atoms with E-state index in [0.717, 1.165) is 19.0 Å². The second kappa shape index (κ2) is 7.46. The zero-order chi connectivity index (χ0) is 14.5. The van der Waals surface area contributed by atoms with Crippen molar-refractivity contribution in [2.45, 2.75) is 52.1 Å². The number of halogens is 1. The molecule has 0 heterocycles. The van der Waals surface area contributed by atoms with Crippen molar-refractivity contribution in [2.75, 3.05) is 18.5 Å². The normalized spacial score (nSPS) is 22.8. The summed E-state index contributed by atoms with van der Waals surface area (Å²) >= 11 is 3.76. The van der Waals surface area contributed by atoms with Crippen LogP contribution in [0.3, 0.4) is 0 Å². The molecule has 1 aromatic carbocycles. The maximum atomic E-state index is 3.76. The molecule has 1 saturated carbocycles. The second-order valence-corrected chi connectivity index (χ2v) is 6.86. The van der Waals surface area contributed by atoms with Crippen molar-refractivity contribution in [1.82, 2.24) is 5.32 Å². The highest BCUT2D eigenvalue weighted by atomic mass is 79.9. The molecule has 0 bridgehead atoms. The van der Waals surface area contributed by atoms with Crippen molar-refractivity contribution >= 4 is 21.6 Å². The smallest absolute Gasteiger partial charge is 0.0510 e. The minimum absolute atomic E-state index is 0.680. The first-order chi connectivity index (χ1) is 9.63. The number of rotatable bonds is 5. The molecule has 3 heteroatoms. The lowest BCUT2D eigenvalue weighted by Crippen LogP contribution is -2.39. The maximum absolute atomic E-state index is 3.76. The quantitative estimate of drug-likeness (QED) is 0.845. The second-order valence-electron chi connectivity index (χ2n) is 6.01. The fraction of sp³-hybridized carbons (Fsp3) is 0.647. The van der Waals surface area contributed by atoms with Crippen molar-refractivity contribution in [3.8, 4) is 0 Å². The summed E-state index contributed by atoms with van der Waals surface area (Å²) in [5.74, 6) is 0.794. The van der Waals surface area contributed by atoms with Gasteiger partial charge in [-0.3, -0.25) is 0 Å². The molecule has 2 rings (SSSR count). The Balaban J connectivity index is 2.11. The van der Waals surface area contributed by atoms with Gasteiger partial charge in [0.25, 0.3) is 0 Å².